The Balaban J connectivity index is 1.40. The average molecular weight is 431 g/mol. The lowest BCUT2D eigenvalue weighted by atomic mass is 10.2. The summed E-state index contributed by atoms with van der Waals surface area (Å²) in [6.45, 7) is 2.97. The van der Waals surface area contributed by atoms with Crippen molar-refractivity contribution in [2.45, 2.75) is 11.3 Å². The molecule has 29 heavy (non-hydrogen) atoms. The molecule has 8 nitrogen and oxygen atoms in total. The molecule has 1 amide bonds. The molecule has 0 radical (unpaired) electrons. The number of morpholine rings is 1. The van der Waals surface area contributed by atoms with Crippen LogP contribution in [0.3, 0.4) is 0 Å². The molecule has 5 rings (SSSR count). The molecule has 0 bridgehead atoms. The topological polar surface area (TPSA) is 101 Å². The number of benzene rings is 2. The van der Waals surface area contributed by atoms with E-state index in [9.17, 15) is 13.2 Å². The quantitative estimate of drug-likeness (QED) is 0.659. The molecule has 3 aromatic rings. The Morgan fingerprint density at radius 2 is 1.97 bits per heavy atom. The number of nitrogens with zero attached hydrogens (tertiary/aromatic N) is 2. The molecule has 3 heterocycles. The van der Waals surface area contributed by atoms with Gasteiger partial charge in [0.1, 0.15) is 0 Å². The van der Waals surface area contributed by atoms with E-state index >= 15 is 0 Å². The van der Waals surface area contributed by atoms with E-state index in [1.54, 1.807) is 18.2 Å². The third-order valence-corrected chi connectivity index (χ3v) is 7.38. The summed E-state index contributed by atoms with van der Waals surface area (Å²) in [5.74, 6) is -0.130. The Morgan fingerprint density at radius 3 is 2.79 bits per heavy atom. The summed E-state index contributed by atoms with van der Waals surface area (Å²) in [6.07, 6.45) is 0.190. The Bertz CT molecular complexity index is 1220. The molecule has 150 valence electrons. The standard InChI is InChI=1S/C19H18N4O4S2/c24-18-10-12-9-14(2-4-15(12)20-18)29(25,26)22-13-1-3-16-17(11-13)28-19(21-16)23-5-7-27-8-6-23/h1-4,9,11,22H,5-8,10H2,(H,20,24). The number of rotatable bonds is 4. The molecule has 1 aromatic heterocycles. The summed E-state index contributed by atoms with van der Waals surface area (Å²) in [4.78, 5) is 18.5. The summed E-state index contributed by atoms with van der Waals surface area (Å²) in [6, 6.07) is 9.98. The van der Waals surface area contributed by atoms with Crippen molar-refractivity contribution in [3.8, 4) is 0 Å². The molecule has 0 atom stereocenters. The number of anilines is 3. The van der Waals surface area contributed by atoms with Crippen LogP contribution in [0.1, 0.15) is 5.56 Å². The first kappa shape index (κ1) is 18.3. The SMILES string of the molecule is O=C1Cc2cc(S(=O)(=O)Nc3ccc4nc(N5CCOCC5)sc4c3)ccc2N1. The van der Waals surface area contributed by atoms with Crippen molar-refractivity contribution in [3.05, 3.63) is 42.0 Å². The van der Waals surface area contributed by atoms with E-state index in [1.807, 2.05) is 6.07 Å². The fourth-order valence-electron chi connectivity index (χ4n) is 3.45. The van der Waals surface area contributed by atoms with Crippen molar-refractivity contribution in [1.82, 2.24) is 4.98 Å². The number of fused-ring (bicyclic) bond motifs is 2. The third-order valence-electron chi connectivity index (χ3n) is 4.92. The van der Waals surface area contributed by atoms with Gasteiger partial charge in [-0.1, -0.05) is 11.3 Å². The van der Waals surface area contributed by atoms with Gasteiger partial charge in [-0.2, -0.15) is 0 Å². The number of nitrogens with one attached hydrogen (secondary N) is 2. The Morgan fingerprint density at radius 1 is 1.14 bits per heavy atom. The van der Waals surface area contributed by atoms with Gasteiger partial charge in [-0.15, -0.1) is 0 Å². The summed E-state index contributed by atoms with van der Waals surface area (Å²) < 4.78 is 34.6. The van der Waals surface area contributed by atoms with Crippen LogP contribution in [0.2, 0.25) is 0 Å². The van der Waals surface area contributed by atoms with Gasteiger partial charge in [-0.25, -0.2) is 13.4 Å². The molecular formula is C19H18N4O4S2. The van der Waals surface area contributed by atoms with Gasteiger partial charge in [0.05, 0.1) is 40.4 Å². The summed E-state index contributed by atoms with van der Waals surface area (Å²) in [7, 11) is -3.77. The van der Waals surface area contributed by atoms with E-state index in [0.29, 0.717) is 30.2 Å². The summed E-state index contributed by atoms with van der Waals surface area (Å²) >= 11 is 1.53. The minimum absolute atomic E-state index is 0.130. The number of thiazole rings is 1. The smallest absolute Gasteiger partial charge is 0.261 e. The Kier molecular flexibility index (Phi) is 4.41. The number of carbonyl (C=O) groups is 1. The Labute approximate surface area is 171 Å². The molecule has 2 aliphatic heterocycles. The molecule has 2 aliphatic rings. The lowest BCUT2D eigenvalue weighted by Gasteiger charge is -2.25. The summed E-state index contributed by atoms with van der Waals surface area (Å²) in [5.41, 5.74) is 2.66. The van der Waals surface area contributed by atoms with Crippen molar-refractivity contribution in [3.63, 3.8) is 0 Å². The number of aromatic nitrogens is 1. The van der Waals surface area contributed by atoms with E-state index in [0.717, 1.165) is 28.4 Å². The van der Waals surface area contributed by atoms with Crippen LogP contribution in [-0.2, 0) is 26.0 Å². The van der Waals surface area contributed by atoms with Gasteiger partial charge in [-0.3, -0.25) is 9.52 Å². The van der Waals surface area contributed by atoms with Crippen LogP contribution < -0.4 is 14.9 Å². The van der Waals surface area contributed by atoms with Crippen molar-refractivity contribution in [1.29, 1.82) is 0 Å². The maximum Gasteiger partial charge on any atom is 0.261 e. The van der Waals surface area contributed by atoms with E-state index < -0.39 is 10.0 Å². The average Bonchev–Trinajstić information content (AvgIpc) is 3.29. The van der Waals surface area contributed by atoms with Gasteiger partial charge in [0.15, 0.2) is 5.13 Å². The minimum atomic E-state index is -3.77. The maximum atomic E-state index is 12.8. The highest BCUT2D eigenvalue weighted by atomic mass is 32.2. The molecule has 0 spiro atoms. The second-order valence-electron chi connectivity index (χ2n) is 6.93. The van der Waals surface area contributed by atoms with Crippen LogP contribution in [0, 0.1) is 0 Å². The highest BCUT2D eigenvalue weighted by Gasteiger charge is 2.22. The van der Waals surface area contributed by atoms with Gasteiger partial charge in [0.25, 0.3) is 10.0 Å². The van der Waals surface area contributed by atoms with Gasteiger partial charge >= 0.3 is 0 Å². The molecule has 0 unspecified atom stereocenters. The predicted octanol–water partition coefficient (Wildman–Crippen LogP) is 2.43. The summed E-state index contributed by atoms with van der Waals surface area (Å²) in [5, 5.41) is 3.62. The number of ether oxygens (including phenoxy) is 1. The van der Waals surface area contributed by atoms with Crippen LogP contribution >= 0.6 is 11.3 Å². The van der Waals surface area contributed by atoms with Crippen molar-refractivity contribution in [2.24, 2.45) is 0 Å². The van der Waals surface area contributed by atoms with Crippen molar-refractivity contribution >= 4 is 54.0 Å². The zero-order valence-electron chi connectivity index (χ0n) is 15.3. The van der Waals surface area contributed by atoms with Crippen molar-refractivity contribution < 1.29 is 17.9 Å². The molecule has 2 N–H and O–H groups in total. The first-order valence-corrected chi connectivity index (χ1v) is 11.5. The van der Waals surface area contributed by atoms with Crippen LogP contribution in [0.5, 0.6) is 0 Å². The van der Waals surface area contributed by atoms with Gasteiger partial charge in [0, 0.05) is 18.8 Å². The highest BCUT2D eigenvalue weighted by Crippen LogP contribution is 2.32. The minimum Gasteiger partial charge on any atom is -0.378 e. The largest absolute Gasteiger partial charge is 0.378 e. The van der Waals surface area contributed by atoms with Gasteiger partial charge in [-0.05, 0) is 42.0 Å². The fraction of sp³-hybridized carbons (Fsp3) is 0.263. The van der Waals surface area contributed by atoms with E-state index in [4.69, 9.17) is 4.74 Å². The number of hydrogen-bond acceptors (Lipinski definition) is 7. The lowest BCUT2D eigenvalue weighted by molar-refractivity contribution is -0.115. The van der Waals surface area contributed by atoms with Crippen LogP contribution in [-0.4, -0.2) is 45.6 Å². The van der Waals surface area contributed by atoms with Crippen LogP contribution in [0.4, 0.5) is 16.5 Å². The molecule has 0 saturated carbocycles. The second-order valence-corrected chi connectivity index (χ2v) is 9.62. The fourth-order valence-corrected chi connectivity index (χ4v) is 5.61. The molecule has 1 fully saturated rings. The molecule has 10 heteroatoms. The zero-order valence-corrected chi connectivity index (χ0v) is 17.0. The first-order chi connectivity index (χ1) is 14.0. The number of hydrogen-bond donors (Lipinski definition) is 2. The van der Waals surface area contributed by atoms with Gasteiger partial charge < -0.3 is 15.0 Å². The van der Waals surface area contributed by atoms with E-state index in [-0.39, 0.29) is 17.2 Å². The molecule has 1 saturated heterocycles. The van der Waals surface area contributed by atoms with E-state index in [2.05, 4.69) is 19.9 Å². The highest BCUT2D eigenvalue weighted by molar-refractivity contribution is 7.92. The van der Waals surface area contributed by atoms with E-state index in [1.165, 1.54) is 23.5 Å². The zero-order chi connectivity index (χ0) is 20.0. The number of sulfonamides is 1. The first-order valence-electron chi connectivity index (χ1n) is 9.17. The normalized spacial score (nSPS) is 16.7. The lowest BCUT2D eigenvalue weighted by Crippen LogP contribution is -2.36. The van der Waals surface area contributed by atoms with Gasteiger partial charge in [0.2, 0.25) is 5.91 Å². The molecule has 2 aromatic carbocycles. The van der Waals surface area contributed by atoms with Crippen LogP contribution in [0.15, 0.2) is 41.3 Å². The number of carbonyl (C=O) groups excluding carboxylic acids is 1. The number of amides is 1. The maximum absolute atomic E-state index is 12.8. The molecular weight excluding hydrogens is 412 g/mol. The van der Waals surface area contributed by atoms with Crippen LogP contribution in [0.25, 0.3) is 10.2 Å². The second kappa shape index (κ2) is 6.97. The monoisotopic (exact) mass is 430 g/mol. The predicted molar refractivity (Wildman–Crippen MR) is 112 cm³/mol. The molecule has 0 aliphatic carbocycles. The Hall–Kier alpha value is -2.69. The third kappa shape index (κ3) is 3.54. The van der Waals surface area contributed by atoms with Crippen molar-refractivity contribution in [2.75, 3.05) is 41.2 Å².